The molecule has 2 heterocycles. The number of thioether (sulfide) groups is 1. The number of anilines is 1. The molecule has 1 aromatic carbocycles. The molecule has 0 spiro atoms. The highest BCUT2D eigenvalue weighted by Crippen LogP contribution is 2.30. The van der Waals surface area contributed by atoms with Gasteiger partial charge in [0, 0.05) is 25.2 Å². The molecule has 0 radical (unpaired) electrons. The number of hydrogen-bond acceptors (Lipinski definition) is 6. The predicted octanol–water partition coefficient (Wildman–Crippen LogP) is 3.06. The average molecular weight is 456 g/mol. The summed E-state index contributed by atoms with van der Waals surface area (Å²) in [6.07, 6.45) is 0. The minimum absolute atomic E-state index is 0.201. The van der Waals surface area contributed by atoms with Crippen molar-refractivity contribution in [2.75, 3.05) is 5.32 Å². The van der Waals surface area contributed by atoms with Gasteiger partial charge in [-0.05, 0) is 32.4 Å². The zero-order valence-electron chi connectivity index (χ0n) is 19.7. The maximum Gasteiger partial charge on any atom is 0.332 e. The number of fused-ring (bicyclic) bond motifs is 1. The summed E-state index contributed by atoms with van der Waals surface area (Å²) in [5.41, 5.74) is 1.75. The molecule has 0 fully saturated rings. The number of amides is 1. The van der Waals surface area contributed by atoms with Gasteiger partial charge in [0.25, 0.3) is 5.56 Å². The van der Waals surface area contributed by atoms with Gasteiger partial charge < -0.3 is 5.32 Å². The van der Waals surface area contributed by atoms with Gasteiger partial charge in [-0.15, -0.1) is 0 Å². The van der Waals surface area contributed by atoms with Crippen molar-refractivity contribution in [3.05, 3.63) is 56.0 Å². The molecule has 32 heavy (non-hydrogen) atoms. The molecule has 0 aliphatic rings. The van der Waals surface area contributed by atoms with E-state index in [9.17, 15) is 14.4 Å². The molecule has 1 unspecified atom stereocenters. The highest BCUT2D eigenvalue weighted by Gasteiger charge is 2.26. The number of nitrogens with zero attached hydrogens (tertiary/aromatic N) is 4. The lowest BCUT2D eigenvalue weighted by Crippen LogP contribution is -2.38. The van der Waals surface area contributed by atoms with Gasteiger partial charge in [0.05, 0.1) is 5.25 Å². The van der Waals surface area contributed by atoms with Crippen LogP contribution >= 0.6 is 11.8 Å². The van der Waals surface area contributed by atoms with E-state index >= 15 is 0 Å². The summed E-state index contributed by atoms with van der Waals surface area (Å²) < 4.78 is 2.38. The molecule has 0 bridgehead atoms. The van der Waals surface area contributed by atoms with Crippen molar-refractivity contribution >= 4 is 34.4 Å². The first-order valence-electron chi connectivity index (χ1n) is 10.3. The van der Waals surface area contributed by atoms with Crippen LogP contribution in [0.2, 0.25) is 0 Å². The number of aromatic nitrogens is 4. The van der Waals surface area contributed by atoms with E-state index in [0.29, 0.717) is 10.9 Å². The maximum atomic E-state index is 13.0. The molecule has 3 aromatic rings. The van der Waals surface area contributed by atoms with Crippen LogP contribution in [-0.4, -0.2) is 30.3 Å². The first-order valence-corrected chi connectivity index (χ1v) is 11.2. The van der Waals surface area contributed by atoms with E-state index in [1.54, 1.807) is 14.0 Å². The van der Waals surface area contributed by atoms with Crippen molar-refractivity contribution in [2.45, 2.75) is 57.2 Å². The minimum atomic E-state index is -0.538. The summed E-state index contributed by atoms with van der Waals surface area (Å²) >= 11 is 1.19. The third kappa shape index (κ3) is 4.48. The second-order valence-electron chi connectivity index (χ2n) is 9.07. The van der Waals surface area contributed by atoms with Gasteiger partial charge in [-0.1, -0.05) is 50.2 Å². The van der Waals surface area contributed by atoms with E-state index in [0.717, 1.165) is 21.4 Å². The van der Waals surface area contributed by atoms with E-state index < -0.39 is 21.9 Å². The molecule has 0 aliphatic heterocycles. The molecule has 1 N–H and O–H groups in total. The lowest BCUT2D eigenvalue weighted by atomic mass is 9.96. The average Bonchev–Trinajstić information content (AvgIpc) is 2.71. The third-order valence-electron chi connectivity index (χ3n) is 5.24. The molecule has 170 valence electrons. The summed E-state index contributed by atoms with van der Waals surface area (Å²) in [6.45, 7) is 11.6. The van der Waals surface area contributed by atoms with Gasteiger partial charge in [0.2, 0.25) is 5.91 Å². The smallest absolute Gasteiger partial charge is 0.325 e. The molecule has 9 heteroatoms. The molecule has 8 nitrogen and oxygen atoms in total. The lowest BCUT2D eigenvalue weighted by Gasteiger charge is -2.20. The van der Waals surface area contributed by atoms with Crippen molar-refractivity contribution in [3.8, 4) is 0 Å². The Kier molecular flexibility index (Phi) is 6.33. The first kappa shape index (κ1) is 23.7. The summed E-state index contributed by atoms with van der Waals surface area (Å²) in [4.78, 5) is 47.5. The fraction of sp³-hybridized carbons (Fsp3) is 0.435. The number of rotatable bonds is 4. The van der Waals surface area contributed by atoms with Crippen LogP contribution in [0.4, 0.5) is 5.69 Å². The fourth-order valence-corrected chi connectivity index (χ4v) is 4.20. The summed E-state index contributed by atoms with van der Waals surface area (Å²) in [6, 6.07) is 5.83. The van der Waals surface area contributed by atoms with Crippen LogP contribution in [0.15, 0.2) is 32.8 Å². The van der Waals surface area contributed by atoms with Crippen LogP contribution < -0.4 is 16.6 Å². The van der Waals surface area contributed by atoms with E-state index in [1.807, 2.05) is 52.8 Å². The molecule has 3 rings (SSSR count). The van der Waals surface area contributed by atoms with Gasteiger partial charge in [-0.3, -0.25) is 18.7 Å². The number of carbonyl (C=O) groups is 1. The molecule has 1 amide bonds. The van der Waals surface area contributed by atoms with Gasteiger partial charge in [-0.25, -0.2) is 14.8 Å². The Bertz CT molecular complexity index is 1330. The lowest BCUT2D eigenvalue weighted by molar-refractivity contribution is -0.115. The van der Waals surface area contributed by atoms with Crippen LogP contribution in [0.3, 0.4) is 0 Å². The van der Waals surface area contributed by atoms with E-state index in [2.05, 4.69) is 15.3 Å². The van der Waals surface area contributed by atoms with Crippen molar-refractivity contribution < 1.29 is 4.79 Å². The topological polar surface area (TPSA) is 98.9 Å². The Morgan fingerprint density at radius 3 is 2.34 bits per heavy atom. The van der Waals surface area contributed by atoms with Gasteiger partial charge in [-0.2, -0.15) is 0 Å². The van der Waals surface area contributed by atoms with Crippen molar-refractivity contribution in [2.24, 2.45) is 14.1 Å². The monoisotopic (exact) mass is 455 g/mol. The van der Waals surface area contributed by atoms with E-state index in [4.69, 9.17) is 0 Å². The van der Waals surface area contributed by atoms with Crippen LogP contribution in [0, 0.1) is 13.8 Å². The predicted molar refractivity (Wildman–Crippen MR) is 129 cm³/mol. The third-order valence-corrected chi connectivity index (χ3v) is 6.32. The highest BCUT2D eigenvalue weighted by atomic mass is 32.2. The Morgan fingerprint density at radius 2 is 1.75 bits per heavy atom. The van der Waals surface area contributed by atoms with Crippen LogP contribution in [0.5, 0.6) is 0 Å². The standard InChI is InChI=1S/C23H29N5O3S/c1-12-9-10-15(13(2)11-12)24-18(29)14(3)32-19-16-17(25-21(26-19)23(4,5)6)27(7)22(31)28(8)20(16)30/h9-11,14H,1-8H3,(H,24,29). The fourth-order valence-electron chi connectivity index (χ4n) is 3.26. The maximum absolute atomic E-state index is 13.0. The Labute approximate surface area is 191 Å². The number of aryl methyl sites for hydroxylation is 3. The normalized spacial score (nSPS) is 12.8. The molecule has 2 aromatic heterocycles. The highest BCUT2D eigenvalue weighted by molar-refractivity contribution is 8.00. The zero-order chi connectivity index (χ0) is 24.0. The summed E-state index contributed by atoms with van der Waals surface area (Å²) in [7, 11) is 3.00. The Balaban J connectivity index is 2.08. The Hall–Kier alpha value is -2.94. The molecule has 0 saturated carbocycles. The SMILES string of the molecule is Cc1ccc(NC(=O)C(C)Sc2nc(C(C)(C)C)nc3c2c(=O)n(C)c(=O)n3C)c(C)c1. The largest absolute Gasteiger partial charge is 0.332 e. The quantitative estimate of drug-likeness (QED) is 0.480. The number of hydrogen-bond donors (Lipinski definition) is 1. The second kappa shape index (κ2) is 8.54. The van der Waals surface area contributed by atoms with Gasteiger partial charge in [0.15, 0.2) is 5.65 Å². The van der Waals surface area contributed by atoms with Crippen molar-refractivity contribution in [1.82, 2.24) is 19.1 Å². The first-order chi connectivity index (χ1) is 14.8. The van der Waals surface area contributed by atoms with Crippen LogP contribution in [0.1, 0.15) is 44.6 Å². The van der Waals surface area contributed by atoms with E-state index in [1.165, 1.54) is 23.4 Å². The number of benzene rings is 1. The van der Waals surface area contributed by atoms with E-state index in [-0.39, 0.29) is 16.9 Å². The summed E-state index contributed by atoms with van der Waals surface area (Å²) in [5, 5.41) is 3.04. The second-order valence-corrected chi connectivity index (χ2v) is 10.4. The number of nitrogens with one attached hydrogen (secondary N) is 1. The zero-order valence-corrected chi connectivity index (χ0v) is 20.5. The molecular weight excluding hydrogens is 426 g/mol. The molecular formula is C23H29N5O3S. The van der Waals surface area contributed by atoms with Gasteiger partial charge in [0.1, 0.15) is 16.2 Å². The van der Waals surface area contributed by atoms with Crippen LogP contribution in [-0.2, 0) is 24.3 Å². The molecule has 1 atom stereocenters. The summed E-state index contributed by atoms with van der Waals surface area (Å²) in [5.74, 6) is 0.297. The molecule has 0 saturated heterocycles. The van der Waals surface area contributed by atoms with Crippen molar-refractivity contribution in [1.29, 1.82) is 0 Å². The Morgan fingerprint density at radius 1 is 1.09 bits per heavy atom. The van der Waals surface area contributed by atoms with Gasteiger partial charge >= 0.3 is 5.69 Å². The molecule has 0 aliphatic carbocycles. The number of carbonyl (C=O) groups excluding carboxylic acids is 1. The van der Waals surface area contributed by atoms with Crippen molar-refractivity contribution in [3.63, 3.8) is 0 Å². The van der Waals surface area contributed by atoms with Crippen LogP contribution in [0.25, 0.3) is 11.0 Å². The minimum Gasteiger partial charge on any atom is -0.325 e.